The van der Waals surface area contributed by atoms with E-state index >= 15 is 0 Å². The van der Waals surface area contributed by atoms with Crippen LogP contribution in [0.1, 0.15) is 23.6 Å². The van der Waals surface area contributed by atoms with Crippen LogP contribution >= 0.6 is 0 Å². The summed E-state index contributed by atoms with van der Waals surface area (Å²) in [6.45, 7) is 0. The number of rotatable bonds is 3. The molecule has 0 unspecified atom stereocenters. The van der Waals surface area contributed by atoms with Crippen molar-refractivity contribution in [2.45, 2.75) is 18.9 Å². The van der Waals surface area contributed by atoms with Gasteiger partial charge in [-0.3, -0.25) is 0 Å². The molecule has 15 heavy (non-hydrogen) atoms. The fraction of sp³-hybridized carbons (Fsp3) is 0.300. The summed E-state index contributed by atoms with van der Waals surface area (Å²) in [6, 6.07) is 4.31. The van der Waals surface area contributed by atoms with Crippen LogP contribution in [0.3, 0.4) is 0 Å². The summed E-state index contributed by atoms with van der Waals surface area (Å²) >= 11 is 0. The molecule has 1 atom stereocenters. The van der Waals surface area contributed by atoms with Crippen LogP contribution in [-0.4, -0.2) is 6.43 Å². The SMILES string of the molecule is N#Cc1cc([C@H](N)CC(F)F)ccc1F. The first kappa shape index (κ1) is 11.5. The predicted molar refractivity (Wildman–Crippen MR) is 48.7 cm³/mol. The number of hydrogen-bond acceptors (Lipinski definition) is 2. The second kappa shape index (κ2) is 4.80. The number of nitrogens with two attached hydrogens (primary N) is 1. The highest BCUT2D eigenvalue weighted by Crippen LogP contribution is 2.20. The molecule has 0 fully saturated rings. The second-order valence-corrected chi connectivity index (χ2v) is 3.08. The van der Waals surface area contributed by atoms with E-state index in [-0.39, 0.29) is 5.56 Å². The summed E-state index contributed by atoms with van der Waals surface area (Å²) in [5.74, 6) is -0.675. The smallest absolute Gasteiger partial charge is 0.240 e. The predicted octanol–water partition coefficient (Wildman–Crippen LogP) is 2.35. The zero-order valence-corrected chi connectivity index (χ0v) is 7.75. The Hall–Kier alpha value is -1.54. The van der Waals surface area contributed by atoms with Gasteiger partial charge in [-0.15, -0.1) is 0 Å². The first-order valence-corrected chi connectivity index (χ1v) is 4.28. The van der Waals surface area contributed by atoms with E-state index in [1.54, 1.807) is 6.07 Å². The molecule has 0 spiro atoms. The lowest BCUT2D eigenvalue weighted by Crippen LogP contribution is -2.14. The van der Waals surface area contributed by atoms with Gasteiger partial charge in [0.1, 0.15) is 11.9 Å². The Kier molecular flexibility index (Phi) is 3.69. The van der Waals surface area contributed by atoms with Gasteiger partial charge in [0, 0.05) is 12.5 Å². The maximum absolute atomic E-state index is 12.9. The van der Waals surface area contributed by atoms with E-state index in [0.29, 0.717) is 5.56 Å². The maximum atomic E-state index is 12.9. The van der Waals surface area contributed by atoms with Crippen LogP contribution in [-0.2, 0) is 0 Å². The highest BCUT2D eigenvalue weighted by Gasteiger charge is 2.14. The highest BCUT2D eigenvalue weighted by molar-refractivity contribution is 5.35. The van der Waals surface area contributed by atoms with Crippen molar-refractivity contribution in [2.75, 3.05) is 0 Å². The van der Waals surface area contributed by atoms with E-state index in [2.05, 4.69) is 0 Å². The fourth-order valence-corrected chi connectivity index (χ4v) is 1.19. The molecular formula is C10H9F3N2. The van der Waals surface area contributed by atoms with E-state index in [0.717, 1.165) is 6.07 Å². The van der Waals surface area contributed by atoms with Crippen LogP contribution in [0.4, 0.5) is 13.2 Å². The minimum atomic E-state index is -2.52. The molecule has 2 N–H and O–H groups in total. The van der Waals surface area contributed by atoms with Crippen molar-refractivity contribution in [1.29, 1.82) is 5.26 Å². The van der Waals surface area contributed by atoms with Crippen LogP contribution in [0.5, 0.6) is 0 Å². The molecule has 1 aromatic rings. The van der Waals surface area contributed by atoms with Gasteiger partial charge >= 0.3 is 0 Å². The number of alkyl halides is 2. The first-order valence-electron chi connectivity index (χ1n) is 4.28. The van der Waals surface area contributed by atoms with Crippen molar-refractivity contribution >= 4 is 0 Å². The molecule has 80 valence electrons. The molecule has 0 radical (unpaired) electrons. The minimum absolute atomic E-state index is 0.183. The number of hydrogen-bond donors (Lipinski definition) is 1. The van der Waals surface area contributed by atoms with Gasteiger partial charge in [-0.1, -0.05) is 6.07 Å². The van der Waals surface area contributed by atoms with Gasteiger partial charge in [0.25, 0.3) is 0 Å². The Morgan fingerprint density at radius 1 is 1.40 bits per heavy atom. The van der Waals surface area contributed by atoms with Gasteiger partial charge < -0.3 is 5.73 Å². The average Bonchev–Trinajstić information content (AvgIpc) is 2.17. The maximum Gasteiger partial charge on any atom is 0.240 e. The summed E-state index contributed by atoms with van der Waals surface area (Å²) in [5, 5.41) is 8.53. The molecule has 0 aliphatic heterocycles. The van der Waals surface area contributed by atoms with Crippen LogP contribution in [0.15, 0.2) is 18.2 Å². The first-order chi connectivity index (χ1) is 7.04. The molecule has 0 aliphatic rings. The number of benzene rings is 1. The summed E-state index contributed by atoms with van der Waals surface area (Å²) in [4.78, 5) is 0. The molecule has 5 heteroatoms. The molecule has 1 rings (SSSR count). The Labute approximate surface area is 85.1 Å². The third-order valence-corrected chi connectivity index (χ3v) is 1.97. The molecule has 0 saturated heterocycles. The van der Waals surface area contributed by atoms with Crippen LogP contribution in [0.2, 0.25) is 0 Å². The Morgan fingerprint density at radius 2 is 2.07 bits per heavy atom. The summed E-state index contributed by atoms with van der Waals surface area (Å²) in [5.41, 5.74) is 5.62. The lowest BCUT2D eigenvalue weighted by atomic mass is 10.0. The van der Waals surface area contributed by atoms with Crippen molar-refractivity contribution < 1.29 is 13.2 Å². The Morgan fingerprint density at radius 3 is 2.60 bits per heavy atom. The molecule has 0 heterocycles. The summed E-state index contributed by atoms with van der Waals surface area (Å²) in [7, 11) is 0. The molecule has 0 aromatic heterocycles. The number of nitrogens with zero attached hydrogens (tertiary/aromatic N) is 1. The van der Waals surface area contributed by atoms with Gasteiger partial charge in [0.15, 0.2) is 0 Å². The van der Waals surface area contributed by atoms with E-state index < -0.39 is 24.7 Å². The van der Waals surface area contributed by atoms with Crippen molar-refractivity contribution in [2.24, 2.45) is 5.73 Å². The lowest BCUT2D eigenvalue weighted by molar-refractivity contribution is 0.128. The second-order valence-electron chi connectivity index (χ2n) is 3.08. The molecule has 0 aliphatic carbocycles. The largest absolute Gasteiger partial charge is 0.324 e. The lowest BCUT2D eigenvalue weighted by Gasteiger charge is -2.11. The third kappa shape index (κ3) is 2.96. The van der Waals surface area contributed by atoms with Gasteiger partial charge in [-0.05, 0) is 17.7 Å². The summed E-state index contributed by atoms with van der Waals surface area (Å²) in [6.07, 6.45) is -3.02. The minimum Gasteiger partial charge on any atom is -0.324 e. The zero-order chi connectivity index (χ0) is 11.4. The molecule has 0 saturated carbocycles. The Balaban J connectivity index is 2.92. The summed E-state index contributed by atoms with van der Waals surface area (Å²) < 4.78 is 36.9. The van der Waals surface area contributed by atoms with Crippen LogP contribution in [0, 0.1) is 17.1 Å². The van der Waals surface area contributed by atoms with Crippen LogP contribution in [0.25, 0.3) is 0 Å². The molecule has 1 aromatic carbocycles. The van der Waals surface area contributed by atoms with Gasteiger partial charge in [-0.2, -0.15) is 5.26 Å². The monoisotopic (exact) mass is 214 g/mol. The van der Waals surface area contributed by atoms with E-state index in [1.165, 1.54) is 12.1 Å². The van der Waals surface area contributed by atoms with E-state index in [1.807, 2.05) is 0 Å². The molecule has 0 amide bonds. The normalized spacial score (nSPS) is 12.5. The fourth-order valence-electron chi connectivity index (χ4n) is 1.19. The van der Waals surface area contributed by atoms with Gasteiger partial charge in [0.05, 0.1) is 5.56 Å². The van der Waals surface area contributed by atoms with Crippen molar-refractivity contribution in [3.63, 3.8) is 0 Å². The van der Waals surface area contributed by atoms with Crippen LogP contribution < -0.4 is 5.73 Å². The van der Waals surface area contributed by atoms with Crippen molar-refractivity contribution in [3.8, 4) is 6.07 Å². The molecule has 0 bridgehead atoms. The quantitative estimate of drug-likeness (QED) is 0.839. The third-order valence-electron chi connectivity index (χ3n) is 1.97. The van der Waals surface area contributed by atoms with Gasteiger partial charge in [-0.25, -0.2) is 13.2 Å². The Bertz CT molecular complexity index is 385. The van der Waals surface area contributed by atoms with E-state index in [9.17, 15) is 13.2 Å². The number of nitriles is 1. The average molecular weight is 214 g/mol. The molecular weight excluding hydrogens is 205 g/mol. The van der Waals surface area contributed by atoms with E-state index in [4.69, 9.17) is 11.0 Å². The number of halogens is 3. The topological polar surface area (TPSA) is 49.8 Å². The van der Waals surface area contributed by atoms with Crippen molar-refractivity contribution in [3.05, 3.63) is 35.1 Å². The zero-order valence-electron chi connectivity index (χ0n) is 7.75. The van der Waals surface area contributed by atoms with Gasteiger partial charge in [0.2, 0.25) is 6.43 Å². The van der Waals surface area contributed by atoms with Crippen molar-refractivity contribution in [1.82, 2.24) is 0 Å². The highest BCUT2D eigenvalue weighted by atomic mass is 19.3. The molecule has 2 nitrogen and oxygen atoms in total. The standard InChI is InChI=1S/C10H9F3N2/c11-8-2-1-6(3-7(8)5-14)9(15)4-10(12)13/h1-3,9-10H,4,15H2/t9-/m1/s1.